The van der Waals surface area contributed by atoms with Crippen LogP contribution in [0.4, 0.5) is 5.69 Å². The number of aliphatic hydroxyl groups is 1. The first-order valence-electron chi connectivity index (χ1n) is 11.6. The third-order valence-corrected chi connectivity index (χ3v) is 6.93. The fraction of sp³-hybridized carbons (Fsp3) is 0.423. The molecule has 0 atom stereocenters. The molecule has 172 valence electrons. The predicted molar refractivity (Wildman–Crippen MR) is 125 cm³/mol. The van der Waals surface area contributed by atoms with Crippen LogP contribution in [0, 0.1) is 5.92 Å². The first kappa shape index (κ1) is 21.6. The zero-order chi connectivity index (χ0) is 23.2. The maximum atomic E-state index is 13.0. The van der Waals surface area contributed by atoms with E-state index in [1.165, 1.54) is 0 Å². The van der Waals surface area contributed by atoms with Crippen LogP contribution in [0.5, 0.6) is 0 Å². The number of nitrogens with zero attached hydrogens (tertiary/aromatic N) is 3. The molecule has 3 fully saturated rings. The van der Waals surface area contributed by atoms with E-state index in [0.29, 0.717) is 44.6 Å². The molecular formula is C26H29N3O4. The Morgan fingerprint density at radius 1 is 0.909 bits per heavy atom. The fourth-order valence-corrected chi connectivity index (χ4v) is 4.35. The van der Waals surface area contributed by atoms with Crippen LogP contribution in [0.3, 0.4) is 0 Å². The van der Waals surface area contributed by atoms with Crippen LogP contribution in [-0.4, -0.2) is 71.5 Å². The van der Waals surface area contributed by atoms with E-state index < -0.39 is 5.60 Å². The van der Waals surface area contributed by atoms with Gasteiger partial charge in [-0.3, -0.25) is 14.4 Å². The number of piperazine rings is 1. The first-order chi connectivity index (χ1) is 15.9. The zero-order valence-electron chi connectivity index (χ0n) is 18.9. The number of anilines is 1. The number of hydrogen-bond donors (Lipinski definition) is 1. The minimum atomic E-state index is -1.15. The topological polar surface area (TPSA) is 81.2 Å². The number of rotatable bonds is 5. The highest BCUT2D eigenvalue weighted by Crippen LogP contribution is 2.37. The molecule has 3 amide bonds. The predicted octanol–water partition coefficient (Wildman–Crippen LogP) is 2.54. The lowest BCUT2D eigenvalue weighted by molar-refractivity contribution is -0.143. The average molecular weight is 448 g/mol. The molecule has 0 aromatic heterocycles. The molecule has 1 aliphatic heterocycles. The third-order valence-electron chi connectivity index (χ3n) is 6.93. The van der Waals surface area contributed by atoms with Crippen molar-refractivity contribution < 1.29 is 19.5 Å². The van der Waals surface area contributed by atoms with Crippen LogP contribution in [0.15, 0.2) is 48.5 Å². The highest BCUT2D eigenvalue weighted by atomic mass is 16.3. The smallest absolute Gasteiger partial charge is 0.254 e. The van der Waals surface area contributed by atoms with Crippen molar-refractivity contribution in [1.29, 1.82) is 0 Å². The van der Waals surface area contributed by atoms with E-state index in [4.69, 9.17) is 0 Å². The summed E-state index contributed by atoms with van der Waals surface area (Å²) in [5, 5.41) is 10.0. The van der Waals surface area contributed by atoms with Gasteiger partial charge >= 0.3 is 0 Å². The molecule has 2 saturated carbocycles. The Balaban J connectivity index is 1.23. The molecule has 5 rings (SSSR count). The summed E-state index contributed by atoms with van der Waals surface area (Å²) in [6.45, 7) is 1.83. The Kier molecular flexibility index (Phi) is 5.44. The van der Waals surface area contributed by atoms with Crippen molar-refractivity contribution in [2.24, 2.45) is 5.92 Å². The molecule has 0 radical (unpaired) electrons. The van der Waals surface area contributed by atoms with Gasteiger partial charge in [0.25, 0.3) is 11.8 Å². The quantitative estimate of drug-likeness (QED) is 0.764. The van der Waals surface area contributed by atoms with Gasteiger partial charge < -0.3 is 19.8 Å². The molecule has 2 aromatic rings. The van der Waals surface area contributed by atoms with Gasteiger partial charge in [-0.25, -0.2) is 0 Å². The minimum absolute atomic E-state index is 0.0534. The fourth-order valence-electron chi connectivity index (χ4n) is 4.35. The molecular weight excluding hydrogens is 418 g/mol. The van der Waals surface area contributed by atoms with E-state index in [2.05, 4.69) is 0 Å². The number of amides is 3. The molecule has 0 spiro atoms. The molecule has 1 saturated heterocycles. The van der Waals surface area contributed by atoms with Crippen LogP contribution >= 0.6 is 0 Å². The monoisotopic (exact) mass is 447 g/mol. The van der Waals surface area contributed by atoms with Gasteiger partial charge in [-0.15, -0.1) is 0 Å². The normalized spacial score (nSPS) is 19.2. The van der Waals surface area contributed by atoms with Gasteiger partial charge in [0.15, 0.2) is 0 Å². The lowest BCUT2D eigenvalue weighted by Gasteiger charge is -2.35. The van der Waals surface area contributed by atoms with E-state index in [1.807, 2.05) is 55.6 Å². The van der Waals surface area contributed by atoms with Crippen LogP contribution in [-0.2, 0) is 9.59 Å². The summed E-state index contributed by atoms with van der Waals surface area (Å²) in [5.74, 6) is 0.0801. The first-order valence-corrected chi connectivity index (χ1v) is 11.6. The van der Waals surface area contributed by atoms with Crippen LogP contribution in [0.25, 0.3) is 11.1 Å². The second-order valence-electron chi connectivity index (χ2n) is 9.42. The summed E-state index contributed by atoms with van der Waals surface area (Å²) in [7, 11) is 1.82. The van der Waals surface area contributed by atoms with Crippen LogP contribution in [0.1, 0.15) is 36.0 Å². The maximum Gasteiger partial charge on any atom is 0.254 e. The van der Waals surface area contributed by atoms with Crippen molar-refractivity contribution in [3.05, 3.63) is 54.1 Å². The van der Waals surface area contributed by atoms with Gasteiger partial charge in [-0.05, 0) is 61.1 Å². The van der Waals surface area contributed by atoms with Crippen molar-refractivity contribution in [2.45, 2.75) is 31.3 Å². The lowest BCUT2D eigenvalue weighted by atomic mass is 10.0. The number of hydrogen-bond acceptors (Lipinski definition) is 4. The Labute approximate surface area is 193 Å². The standard InChI is InChI=1S/C26H29N3O4/c1-27(23(30)19-9-10-19)22-4-2-3-21(17-22)18-5-7-20(8-6-18)24(31)28-13-15-29(16-14-28)25(32)26(33)11-12-26/h2-8,17,19,33H,9-16H2,1H3. The Bertz CT molecular complexity index is 1080. The summed E-state index contributed by atoms with van der Waals surface area (Å²) >= 11 is 0. The summed E-state index contributed by atoms with van der Waals surface area (Å²) in [4.78, 5) is 42.8. The molecule has 33 heavy (non-hydrogen) atoms. The SMILES string of the molecule is CN(C(=O)C1CC1)c1cccc(-c2ccc(C(=O)N3CCN(C(=O)C4(O)CC4)CC3)cc2)c1. The average Bonchev–Trinajstić information content (AvgIpc) is 3.79. The molecule has 2 aromatic carbocycles. The molecule has 0 unspecified atom stereocenters. The van der Waals surface area contributed by atoms with Crippen molar-refractivity contribution in [3.63, 3.8) is 0 Å². The molecule has 0 bridgehead atoms. The molecule has 7 heteroatoms. The molecule has 2 aliphatic carbocycles. The second kappa shape index (κ2) is 8.30. The van der Waals surface area contributed by atoms with Gasteiger partial charge in [0.2, 0.25) is 5.91 Å². The van der Waals surface area contributed by atoms with Gasteiger partial charge in [0.05, 0.1) is 0 Å². The van der Waals surface area contributed by atoms with Crippen molar-refractivity contribution in [1.82, 2.24) is 9.80 Å². The van der Waals surface area contributed by atoms with Crippen molar-refractivity contribution >= 4 is 23.4 Å². The zero-order valence-corrected chi connectivity index (χ0v) is 18.9. The molecule has 7 nitrogen and oxygen atoms in total. The minimum Gasteiger partial charge on any atom is -0.380 e. The van der Waals surface area contributed by atoms with Gasteiger partial charge in [-0.1, -0.05) is 24.3 Å². The van der Waals surface area contributed by atoms with E-state index in [1.54, 1.807) is 14.7 Å². The van der Waals surface area contributed by atoms with Crippen LogP contribution in [0.2, 0.25) is 0 Å². The molecule has 1 heterocycles. The summed E-state index contributed by atoms with van der Waals surface area (Å²) in [5.41, 5.74) is 2.30. The second-order valence-corrected chi connectivity index (χ2v) is 9.42. The Hall–Kier alpha value is -3.19. The molecule has 1 N–H and O–H groups in total. The third kappa shape index (κ3) is 4.37. The summed E-state index contributed by atoms with van der Waals surface area (Å²) < 4.78 is 0. The number of carbonyl (C=O) groups excluding carboxylic acids is 3. The van der Waals surface area contributed by atoms with E-state index in [0.717, 1.165) is 29.7 Å². The summed E-state index contributed by atoms with van der Waals surface area (Å²) in [6, 6.07) is 15.4. The lowest BCUT2D eigenvalue weighted by Crippen LogP contribution is -2.53. The Morgan fingerprint density at radius 3 is 2.15 bits per heavy atom. The highest BCUT2D eigenvalue weighted by Gasteiger charge is 2.50. The van der Waals surface area contributed by atoms with E-state index >= 15 is 0 Å². The largest absolute Gasteiger partial charge is 0.380 e. The summed E-state index contributed by atoms with van der Waals surface area (Å²) in [6.07, 6.45) is 3.03. The van der Waals surface area contributed by atoms with Crippen molar-refractivity contribution in [3.8, 4) is 11.1 Å². The number of carbonyl (C=O) groups is 3. The van der Waals surface area contributed by atoms with Crippen molar-refractivity contribution in [2.75, 3.05) is 38.1 Å². The van der Waals surface area contributed by atoms with Gasteiger partial charge in [0.1, 0.15) is 5.60 Å². The van der Waals surface area contributed by atoms with Crippen LogP contribution < -0.4 is 4.90 Å². The van der Waals surface area contributed by atoms with E-state index in [9.17, 15) is 19.5 Å². The Morgan fingerprint density at radius 2 is 1.55 bits per heavy atom. The van der Waals surface area contributed by atoms with Gasteiger partial charge in [0, 0.05) is 50.4 Å². The highest BCUT2D eigenvalue weighted by molar-refractivity contribution is 5.97. The molecule has 3 aliphatic rings. The maximum absolute atomic E-state index is 13.0. The van der Waals surface area contributed by atoms with E-state index in [-0.39, 0.29) is 23.6 Å². The van der Waals surface area contributed by atoms with Gasteiger partial charge in [-0.2, -0.15) is 0 Å². The number of benzene rings is 2.